The maximum absolute atomic E-state index is 13.9. The van der Waals surface area contributed by atoms with Crippen molar-refractivity contribution in [3.05, 3.63) is 132 Å². The van der Waals surface area contributed by atoms with E-state index in [-0.39, 0.29) is 6.61 Å². The number of nitrogens with zero attached hydrogens (tertiary/aromatic N) is 1. The summed E-state index contributed by atoms with van der Waals surface area (Å²) in [4.78, 5) is 19.0. The second-order valence-corrected chi connectivity index (χ2v) is 13.4. The highest BCUT2D eigenvalue weighted by Crippen LogP contribution is 2.42. The molecule has 0 atom stereocenters. The molecule has 0 spiro atoms. The number of methoxy groups -OCH3 is 4. The van der Waals surface area contributed by atoms with Crippen molar-refractivity contribution in [3.8, 4) is 34.1 Å². The molecule has 1 heterocycles. The van der Waals surface area contributed by atoms with Crippen LogP contribution in [-0.2, 0) is 11.2 Å². The Bertz CT molecular complexity index is 2030. The maximum Gasteiger partial charge on any atom is 0.340 e. The molecule has 0 N–H and O–H groups in total. The zero-order valence-electron chi connectivity index (χ0n) is 28.2. The largest absolute Gasteiger partial charge is 0.493 e. The summed E-state index contributed by atoms with van der Waals surface area (Å²) in [7, 11) is 5.59. The minimum Gasteiger partial charge on any atom is -0.493 e. The first kappa shape index (κ1) is 33.5. The standard InChI is InChI=1S/C41H38NO6P/c1-6-48-41(43)40-34(23-27-17-20-31(21-18-27)49(29-13-9-7-10-14-29)30-15-11-8-12-16-30)42-33-26-38(47-5)37(46-4)25-32(33)39(40)28-19-22-35(44-2)36(24-28)45-3/h7-22,24-26H,6,23H2,1-5H3. The van der Waals surface area contributed by atoms with E-state index in [1.807, 2.05) is 42.5 Å². The number of hydrogen-bond acceptors (Lipinski definition) is 7. The molecule has 0 unspecified atom stereocenters. The van der Waals surface area contributed by atoms with Gasteiger partial charge in [-0.3, -0.25) is 4.98 Å². The van der Waals surface area contributed by atoms with Crippen molar-refractivity contribution in [1.29, 1.82) is 0 Å². The van der Waals surface area contributed by atoms with Gasteiger partial charge in [0.2, 0.25) is 0 Å². The van der Waals surface area contributed by atoms with Crippen LogP contribution in [0, 0.1) is 0 Å². The van der Waals surface area contributed by atoms with Crippen LogP contribution in [-0.4, -0.2) is 46.0 Å². The minimum absolute atomic E-state index is 0.213. The molecule has 0 saturated heterocycles. The van der Waals surface area contributed by atoms with E-state index in [1.54, 1.807) is 35.4 Å². The molecule has 49 heavy (non-hydrogen) atoms. The summed E-state index contributed by atoms with van der Waals surface area (Å²) in [6.07, 6.45) is 0.396. The van der Waals surface area contributed by atoms with Gasteiger partial charge in [-0.25, -0.2) is 4.79 Å². The highest BCUT2D eigenvalue weighted by Gasteiger charge is 2.26. The van der Waals surface area contributed by atoms with Gasteiger partial charge in [0.25, 0.3) is 0 Å². The van der Waals surface area contributed by atoms with E-state index in [9.17, 15) is 4.79 Å². The van der Waals surface area contributed by atoms with Crippen molar-refractivity contribution in [1.82, 2.24) is 4.98 Å². The van der Waals surface area contributed by atoms with Gasteiger partial charge in [0.05, 0.1) is 51.8 Å². The number of aromatic nitrogens is 1. The van der Waals surface area contributed by atoms with Gasteiger partial charge < -0.3 is 23.7 Å². The van der Waals surface area contributed by atoms with Crippen molar-refractivity contribution < 1.29 is 28.5 Å². The SMILES string of the molecule is CCOC(=O)c1c(Cc2ccc(P(c3ccccc3)c3ccccc3)cc2)nc2cc(OC)c(OC)cc2c1-c1ccc(OC)c(OC)c1. The van der Waals surface area contributed by atoms with Crippen LogP contribution in [0.2, 0.25) is 0 Å². The predicted molar refractivity (Wildman–Crippen MR) is 197 cm³/mol. The van der Waals surface area contributed by atoms with Crippen LogP contribution >= 0.6 is 7.92 Å². The van der Waals surface area contributed by atoms with E-state index in [0.717, 1.165) is 11.1 Å². The number of hydrogen-bond donors (Lipinski definition) is 0. The lowest BCUT2D eigenvalue weighted by molar-refractivity contribution is 0.0525. The monoisotopic (exact) mass is 671 g/mol. The lowest BCUT2D eigenvalue weighted by atomic mass is 9.91. The number of carbonyl (C=O) groups is 1. The van der Waals surface area contributed by atoms with Gasteiger partial charge in [0.1, 0.15) is 0 Å². The van der Waals surface area contributed by atoms with Crippen LogP contribution in [0.1, 0.15) is 28.5 Å². The van der Waals surface area contributed by atoms with Gasteiger partial charge >= 0.3 is 5.97 Å². The van der Waals surface area contributed by atoms with Crippen molar-refractivity contribution in [3.63, 3.8) is 0 Å². The highest BCUT2D eigenvalue weighted by molar-refractivity contribution is 7.79. The summed E-state index contributed by atoms with van der Waals surface area (Å²) < 4.78 is 28.2. The van der Waals surface area contributed by atoms with Crippen LogP contribution in [0.4, 0.5) is 0 Å². The van der Waals surface area contributed by atoms with Crippen LogP contribution in [0.25, 0.3) is 22.0 Å². The molecule has 0 aliphatic heterocycles. The Morgan fingerprint density at radius 3 is 1.76 bits per heavy atom. The zero-order chi connectivity index (χ0) is 34.3. The Labute approximate surface area is 288 Å². The molecule has 248 valence electrons. The lowest BCUT2D eigenvalue weighted by Crippen LogP contribution is -2.20. The van der Waals surface area contributed by atoms with E-state index in [2.05, 4.69) is 72.8 Å². The van der Waals surface area contributed by atoms with Crippen LogP contribution in [0.3, 0.4) is 0 Å². The van der Waals surface area contributed by atoms with E-state index in [4.69, 9.17) is 28.7 Å². The van der Waals surface area contributed by atoms with Crippen molar-refractivity contribution in [2.75, 3.05) is 35.0 Å². The van der Waals surface area contributed by atoms with Crippen molar-refractivity contribution in [2.45, 2.75) is 13.3 Å². The lowest BCUT2D eigenvalue weighted by Gasteiger charge is -2.20. The summed E-state index contributed by atoms with van der Waals surface area (Å²) in [6.45, 7) is 2.01. The summed E-state index contributed by atoms with van der Waals surface area (Å²) in [5.41, 5.74) is 4.04. The number of ether oxygens (including phenoxy) is 5. The molecule has 8 heteroatoms. The van der Waals surface area contributed by atoms with E-state index in [0.29, 0.717) is 57.1 Å². The first-order valence-electron chi connectivity index (χ1n) is 16.0. The quantitative estimate of drug-likeness (QED) is 0.0988. The topological polar surface area (TPSA) is 76.1 Å². The molecule has 0 bridgehead atoms. The van der Waals surface area contributed by atoms with Crippen molar-refractivity contribution >= 4 is 40.7 Å². The summed E-state index contributed by atoms with van der Waals surface area (Å²) in [5.74, 6) is 1.71. The summed E-state index contributed by atoms with van der Waals surface area (Å²) in [6, 6.07) is 39.1. The van der Waals surface area contributed by atoms with Gasteiger partial charge in [-0.1, -0.05) is 91.0 Å². The van der Waals surface area contributed by atoms with E-state index >= 15 is 0 Å². The summed E-state index contributed by atoms with van der Waals surface area (Å²) >= 11 is 0. The molecule has 0 amide bonds. The fraction of sp³-hybridized carbons (Fsp3) is 0.171. The Kier molecular flexibility index (Phi) is 10.4. The third-order valence-corrected chi connectivity index (χ3v) is 10.8. The fourth-order valence-electron chi connectivity index (χ4n) is 6.04. The molecular formula is C41H38NO6P. The van der Waals surface area contributed by atoms with Crippen molar-refractivity contribution in [2.24, 2.45) is 0 Å². The third-order valence-electron chi connectivity index (χ3n) is 8.31. The second-order valence-electron chi connectivity index (χ2n) is 11.2. The molecule has 0 fully saturated rings. The molecular weight excluding hydrogens is 633 g/mol. The highest BCUT2D eigenvalue weighted by atomic mass is 31.1. The number of esters is 1. The molecule has 0 aliphatic carbocycles. The molecule has 7 nitrogen and oxygen atoms in total. The van der Waals surface area contributed by atoms with Gasteiger partial charge in [0.15, 0.2) is 23.0 Å². The molecule has 1 aromatic heterocycles. The number of rotatable bonds is 12. The normalized spacial score (nSPS) is 11.0. The van der Waals surface area contributed by atoms with E-state index < -0.39 is 13.9 Å². The van der Waals surface area contributed by atoms with Gasteiger partial charge in [-0.05, 0) is 60.1 Å². The maximum atomic E-state index is 13.9. The Morgan fingerprint density at radius 1 is 0.633 bits per heavy atom. The Morgan fingerprint density at radius 2 is 1.18 bits per heavy atom. The van der Waals surface area contributed by atoms with E-state index in [1.165, 1.54) is 15.9 Å². The molecule has 6 rings (SSSR count). The molecule has 0 saturated carbocycles. The first-order chi connectivity index (χ1) is 24.0. The summed E-state index contributed by atoms with van der Waals surface area (Å²) in [5, 5.41) is 4.50. The first-order valence-corrected chi connectivity index (χ1v) is 17.3. The van der Waals surface area contributed by atoms with Gasteiger partial charge in [0, 0.05) is 23.4 Å². The average Bonchev–Trinajstić information content (AvgIpc) is 3.15. The number of fused-ring (bicyclic) bond motifs is 1. The zero-order valence-corrected chi connectivity index (χ0v) is 29.1. The third kappa shape index (κ3) is 6.94. The Hall–Kier alpha value is -5.39. The van der Waals surface area contributed by atoms with Crippen LogP contribution in [0.15, 0.2) is 115 Å². The van der Waals surface area contributed by atoms with Crippen LogP contribution in [0.5, 0.6) is 23.0 Å². The average molecular weight is 672 g/mol. The molecule has 5 aromatic carbocycles. The smallest absolute Gasteiger partial charge is 0.340 e. The molecule has 0 radical (unpaired) electrons. The van der Waals surface area contributed by atoms with Gasteiger partial charge in [-0.15, -0.1) is 0 Å². The Balaban J connectivity index is 1.52. The van der Waals surface area contributed by atoms with Gasteiger partial charge in [-0.2, -0.15) is 0 Å². The predicted octanol–water partition coefficient (Wildman–Crippen LogP) is 7.46. The van der Waals surface area contributed by atoms with Crippen LogP contribution < -0.4 is 34.9 Å². The molecule has 0 aliphatic rings. The number of benzene rings is 5. The molecule has 6 aromatic rings. The number of pyridine rings is 1. The fourth-order valence-corrected chi connectivity index (χ4v) is 8.32. The minimum atomic E-state index is -0.755. The second kappa shape index (κ2) is 15.2. The number of carbonyl (C=O) groups excluding carboxylic acids is 1.